The Balaban J connectivity index is 2.20. The van der Waals surface area contributed by atoms with Gasteiger partial charge in [-0.3, -0.25) is 14.9 Å². The van der Waals surface area contributed by atoms with E-state index in [1.54, 1.807) is 37.3 Å². The minimum atomic E-state index is -0.508. The van der Waals surface area contributed by atoms with E-state index in [4.69, 9.17) is 9.47 Å². The molecule has 0 saturated heterocycles. The second-order valence-electron chi connectivity index (χ2n) is 5.16. The van der Waals surface area contributed by atoms with E-state index in [-0.39, 0.29) is 5.69 Å². The lowest BCUT2D eigenvalue weighted by Crippen LogP contribution is -2.09. The van der Waals surface area contributed by atoms with Crippen molar-refractivity contribution >= 4 is 23.4 Å². The standard InChI is InChI=1S/C18H18N2O5/c1-12-7-9-14(20(22)23)11-15(12)19-17(21)10-8-13-5-4-6-16(24-2)18(13)25-3/h4-11H,1-3H3,(H,19,21)/b10-8+. The number of methoxy groups -OCH3 is 2. The van der Waals surface area contributed by atoms with Crippen molar-refractivity contribution in [1.82, 2.24) is 0 Å². The molecule has 1 amide bonds. The van der Waals surface area contributed by atoms with Crippen LogP contribution < -0.4 is 14.8 Å². The molecule has 130 valence electrons. The number of rotatable bonds is 6. The molecule has 0 radical (unpaired) electrons. The number of nitrogens with one attached hydrogen (secondary N) is 1. The molecule has 7 heteroatoms. The summed E-state index contributed by atoms with van der Waals surface area (Å²) >= 11 is 0. The van der Waals surface area contributed by atoms with Crippen molar-refractivity contribution in [2.75, 3.05) is 19.5 Å². The van der Waals surface area contributed by atoms with Gasteiger partial charge in [0.2, 0.25) is 5.91 Å². The molecule has 0 unspecified atom stereocenters. The highest BCUT2D eigenvalue weighted by Crippen LogP contribution is 2.31. The molecular formula is C18H18N2O5. The van der Waals surface area contributed by atoms with Gasteiger partial charge in [0.25, 0.3) is 5.69 Å². The van der Waals surface area contributed by atoms with E-state index in [0.29, 0.717) is 22.7 Å². The maximum absolute atomic E-state index is 12.1. The van der Waals surface area contributed by atoms with Crippen molar-refractivity contribution in [2.24, 2.45) is 0 Å². The Morgan fingerprint density at radius 3 is 2.60 bits per heavy atom. The number of nitro groups is 1. The lowest BCUT2D eigenvalue weighted by atomic mass is 10.1. The molecule has 0 heterocycles. The van der Waals surface area contributed by atoms with Crippen molar-refractivity contribution < 1.29 is 19.2 Å². The number of ether oxygens (including phenoxy) is 2. The lowest BCUT2D eigenvalue weighted by molar-refractivity contribution is -0.384. The monoisotopic (exact) mass is 342 g/mol. The first kappa shape index (κ1) is 18.0. The molecule has 0 spiro atoms. The van der Waals surface area contributed by atoms with Crippen LogP contribution in [0.4, 0.5) is 11.4 Å². The molecule has 2 aromatic rings. The number of carbonyl (C=O) groups is 1. The largest absolute Gasteiger partial charge is 0.493 e. The molecule has 0 atom stereocenters. The summed E-state index contributed by atoms with van der Waals surface area (Å²) in [6.07, 6.45) is 2.92. The summed E-state index contributed by atoms with van der Waals surface area (Å²) in [5, 5.41) is 13.5. The number of amides is 1. The number of anilines is 1. The second kappa shape index (κ2) is 7.96. The SMILES string of the molecule is COc1cccc(/C=C/C(=O)Nc2cc([N+](=O)[O-])ccc2C)c1OC. The van der Waals surface area contributed by atoms with Crippen LogP contribution in [0, 0.1) is 17.0 Å². The lowest BCUT2D eigenvalue weighted by Gasteiger charge is -2.10. The van der Waals surface area contributed by atoms with Gasteiger partial charge in [-0.1, -0.05) is 18.2 Å². The van der Waals surface area contributed by atoms with Crippen LogP contribution in [0.25, 0.3) is 6.08 Å². The highest BCUT2D eigenvalue weighted by Gasteiger charge is 2.11. The quantitative estimate of drug-likeness (QED) is 0.492. The predicted molar refractivity (Wildman–Crippen MR) is 95.0 cm³/mol. The Morgan fingerprint density at radius 1 is 1.20 bits per heavy atom. The number of benzene rings is 2. The third-order valence-corrected chi connectivity index (χ3v) is 3.54. The Kier molecular flexibility index (Phi) is 5.73. The minimum absolute atomic E-state index is 0.0839. The fourth-order valence-corrected chi connectivity index (χ4v) is 2.24. The molecule has 0 aromatic heterocycles. The van der Waals surface area contributed by atoms with Gasteiger partial charge in [0.05, 0.1) is 24.8 Å². The fourth-order valence-electron chi connectivity index (χ4n) is 2.24. The summed E-state index contributed by atoms with van der Waals surface area (Å²) in [5.41, 5.74) is 1.71. The van der Waals surface area contributed by atoms with Gasteiger partial charge in [-0.05, 0) is 24.6 Å². The molecule has 0 bridgehead atoms. The van der Waals surface area contributed by atoms with Crippen LogP contribution in [0.15, 0.2) is 42.5 Å². The zero-order valence-corrected chi connectivity index (χ0v) is 14.1. The zero-order chi connectivity index (χ0) is 18.4. The molecule has 2 rings (SSSR count). The normalized spacial score (nSPS) is 10.5. The highest BCUT2D eigenvalue weighted by atomic mass is 16.6. The third-order valence-electron chi connectivity index (χ3n) is 3.54. The number of hydrogen-bond acceptors (Lipinski definition) is 5. The van der Waals surface area contributed by atoms with Crippen LogP contribution in [0.2, 0.25) is 0 Å². The number of aryl methyl sites for hydroxylation is 1. The van der Waals surface area contributed by atoms with E-state index >= 15 is 0 Å². The van der Waals surface area contributed by atoms with E-state index in [1.165, 1.54) is 32.4 Å². The first-order valence-electron chi connectivity index (χ1n) is 7.41. The van der Waals surface area contributed by atoms with Crippen molar-refractivity contribution in [3.05, 3.63) is 63.7 Å². The van der Waals surface area contributed by atoms with Crippen LogP contribution in [-0.2, 0) is 4.79 Å². The summed E-state index contributed by atoms with van der Waals surface area (Å²) in [5.74, 6) is 0.661. The summed E-state index contributed by atoms with van der Waals surface area (Å²) in [6.45, 7) is 1.76. The maximum Gasteiger partial charge on any atom is 0.271 e. The van der Waals surface area contributed by atoms with Crippen LogP contribution in [0.5, 0.6) is 11.5 Å². The Labute approximate surface area is 145 Å². The Bertz CT molecular complexity index is 830. The summed E-state index contributed by atoms with van der Waals surface area (Å²) in [7, 11) is 3.05. The van der Waals surface area contributed by atoms with Crippen LogP contribution >= 0.6 is 0 Å². The second-order valence-corrected chi connectivity index (χ2v) is 5.16. The van der Waals surface area contributed by atoms with Gasteiger partial charge < -0.3 is 14.8 Å². The summed E-state index contributed by atoms with van der Waals surface area (Å²) in [6, 6.07) is 9.62. The van der Waals surface area contributed by atoms with Gasteiger partial charge in [-0.15, -0.1) is 0 Å². The zero-order valence-electron chi connectivity index (χ0n) is 14.1. The molecule has 0 aliphatic carbocycles. The first-order valence-corrected chi connectivity index (χ1v) is 7.41. The first-order chi connectivity index (χ1) is 12.0. The van der Waals surface area contributed by atoms with Gasteiger partial charge in [0.1, 0.15) is 0 Å². The molecule has 1 N–H and O–H groups in total. The third kappa shape index (κ3) is 4.35. The van der Waals surface area contributed by atoms with Gasteiger partial charge >= 0.3 is 0 Å². The van der Waals surface area contributed by atoms with E-state index < -0.39 is 10.8 Å². The van der Waals surface area contributed by atoms with Crippen LogP contribution in [-0.4, -0.2) is 25.1 Å². The maximum atomic E-state index is 12.1. The Morgan fingerprint density at radius 2 is 1.96 bits per heavy atom. The van der Waals surface area contributed by atoms with E-state index in [9.17, 15) is 14.9 Å². The van der Waals surface area contributed by atoms with E-state index in [1.807, 2.05) is 0 Å². The van der Waals surface area contributed by atoms with Crippen LogP contribution in [0.1, 0.15) is 11.1 Å². The molecule has 0 aliphatic heterocycles. The van der Waals surface area contributed by atoms with Crippen molar-refractivity contribution in [1.29, 1.82) is 0 Å². The highest BCUT2D eigenvalue weighted by molar-refractivity contribution is 6.02. The summed E-state index contributed by atoms with van der Waals surface area (Å²) in [4.78, 5) is 22.5. The molecule has 7 nitrogen and oxygen atoms in total. The topological polar surface area (TPSA) is 90.7 Å². The number of non-ortho nitro benzene ring substituents is 1. The predicted octanol–water partition coefficient (Wildman–Crippen LogP) is 3.57. The Hall–Kier alpha value is -3.35. The van der Waals surface area contributed by atoms with Gasteiger partial charge in [-0.25, -0.2) is 0 Å². The minimum Gasteiger partial charge on any atom is -0.493 e. The van der Waals surface area contributed by atoms with E-state index in [0.717, 1.165) is 5.56 Å². The average Bonchev–Trinajstić information content (AvgIpc) is 2.61. The fraction of sp³-hybridized carbons (Fsp3) is 0.167. The van der Waals surface area contributed by atoms with Crippen LogP contribution in [0.3, 0.4) is 0 Å². The molecule has 0 saturated carbocycles. The number of nitrogens with zero attached hydrogens (tertiary/aromatic N) is 1. The summed E-state index contributed by atoms with van der Waals surface area (Å²) < 4.78 is 10.5. The smallest absolute Gasteiger partial charge is 0.271 e. The molecule has 2 aromatic carbocycles. The molecule has 0 aliphatic rings. The number of carbonyl (C=O) groups excluding carboxylic acids is 1. The van der Waals surface area contributed by atoms with Crippen molar-refractivity contribution in [2.45, 2.75) is 6.92 Å². The number of para-hydroxylation sites is 1. The number of hydrogen-bond donors (Lipinski definition) is 1. The molecule has 0 fully saturated rings. The van der Waals surface area contributed by atoms with Gasteiger partial charge in [0.15, 0.2) is 11.5 Å². The number of nitro benzene ring substituents is 1. The molecular weight excluding hydrogens is 324 g/mol. The van der Waals surface area contributed by atoms with E-state index in [2.05, 4.69) is 5.32 Å². The van der Waals surface area contributed by atoms with Gasteiger partial charge in [-0.2, -0.15) is 0 Å². The van der Waals surface area contributed by atoms with Crippen molar-refractivity contribution in [3.8, 4) is 11.5 Å². The average molecular weight is 342 g/mol. The van der Waals surface area contributed by atoms with Gasteiger partial charge in [0, 0.05) is 23.8 Å². The van der Waals surface area contributed by atoms with Crippen molar-refractivity contribution in [3.63, 3.8) is 0 Å². The molecule has 25 heavy (non-hydrogen) atoms.